The maximum atomic E-state index is 12.9. The summed E-state index contributed by atoms with van der Waals surface area (Å²) in [6.45, 7) is 11.9. The first-order valence-electron chi connectivity index (χ1n) is 11.0. The molecule has 0 saturated carbocycles. The number of esters is 2. The number of carbonyl (C=O) groups is 4. The first-order valence-corrected chi connectivity index (χ1v) is 12.2. The Morgan fingerprint density at radius 2 is 1.82 bits per heavy atom. The van der Waals surface area contributed by atoms with E-state index >= 15 is 0 Å². The minimum Gasteiger partial charge on any atom is -0.460 e. The van der Waals surface area contributed by atoms with Gasteiger partial charge in [-0.05, 0) is 46.0 Å². The predicted octanol–water partition coefficient (Wildman–Crippen LogP) is 3.07. The van der Waals surface area contributed by atoms with Crippen LogP contribution in [-0.2, 0) is 28.7 Å². The molecule has 34 heavy (non-hydrogen) atoms. The van der Waals surface area contributed by atoms with E-state index in [0.29, 0.717) is 25.8 Å². The first-order chi connectivity index (χ1) is 15.6. The average molecular weight is 543 g/mol. The lowest BCUT2D eigenvalue weighted by atomic mass is 9.89. The Kier molecular flexibility index (Phi) is 11.6. The van der Waals surface area contributed by atoms with Crippen LogP contribution in [0.4, 0.5) is 0 Å². The van der Waals surface area contributed by atoms with Gasteiger partial charge in [0.1, 0.15) is 18.7 Å². The van der Waals surface area contributed by atoms with E-state index in [4.69, 9.17) is 44.3 Å². The second-order valence-corrected chi connectivity index (χ2v) is 11.7. The lowest BCUT2D eigenvalue weighted by molar-refractivity contribution is -0.167. The number of carbonyl (C=O) groups excluding carboxylic acids is 4. The highest BCUT2D eigenvalue weighted by Crippen LogP contribution is 2.26. The summed E-state index contributed by atoms with van der Waals surface area (Å²) in [5, 5.41) is 3.85. The quantitative estimate of drug-likeness (QED) is 0.248. The third-order valence-corrected chi connectivity index (χ3v) is 5.48. The van der Waals surface area contributed by atoms with Crippen LogP contribution in [0, 0.1) is 11.3 Å². The van der Waals surface area contributed by atoms with Crippen LogP contribution in [0.5, 0.6) is 0 Å². The summed E-state index contributed by atoms with van der Waals surface area (Å²) in [4.78, 5) is 50.5. The molecule has 0 aromatic rings. The minimum absolute atomic E-state index is 0.323. The molecule has 0 spiro atoms. The fourth-order valence-electron chi connectivity index (χ4n) is 3.17. The van der Waals surface area contributed by atoms with Gasteiger partial charge in [0, 0.05) is 6.54 Å². The Bertz CT molecular complexity index is 769. The lowest BCUT2D eigenvalue weighted by Crippen LogP contribution is -2.60. The lowest BCUT2D eigenvalue weighted by Gasteiger charge is -2.34. The van der Waals surface area contributed by atoms with Crippen molar-refractivity contribution < 1.29 is 28.7 Å². The highest BCUT2D eigenvalue weighted by molar-refractivity contribution is 6.67. The van der Waals surface area contributed by atoms with Gasteiger partial charge in [0.2, 0.25) is 3.79 Å². The summed E-state index contributed by atoms with van der Waals surface area (Å²) in [7, 11) is 0. The fraction of sp³-hybridized carbons (Fsp3) is 0.727. The molecular formula is C22H34Cl3N3O6. The van der Waals surface area contributed by atoms with Crippen molar-refractivity contribution in [3.05, 3.63) is 12.7 Å². The monoisotopic (exact) mass is 541 g/mol. The standard InChI is InChI=1S/C22H34Cl3N3O6/c1-7-10-21(5,6)20(32)34-16(13(2)3)17(29)26-14(4)18(30)28-11-8-9-15(27-28)19(31)33-12-22(23,24)25/h7,13-16,27H,1,8-12H2,2-6H3,(H,26,29)/t14?,15-,16?/m0/s1. The molecule has 0 radical (unpaired) electrons. The van der Waals surface area contributed by atoms with E-state index in [9.17, 15) is 19.2 Å². The van der Waals surface area contributed by atoms with Gasteiger partial charge in [0.05, 0.1) is 5.41 Å². The average Bonchev–Trinajstić information content (AvgIpc) is 2.74. The van der Waals surface area contributed by atoms with Crippen LogP contribution in [0.15, 0.2) is 12.7 Å². The Balaban J connectivity index is 2.75. The molecule has 1 rings (SSSR count). The number of hydrogen-bond donors (Lipinski definition) is 2. The second-order valence-electron chi connectivity index (χ2n) is 9.21. The zero-order chi connectivity index (χ0) is 26.3. The predicted molar refractivity (Wildman–Crippen MR) is 130 cm³/mol. The number of allylic oxidation sites excluding steroid dienone is 1. The summed E-state index contributed by atoms with van der Waals surface area (Å²) in [5.41, 5.74) is 1.96. The van der Waals surface area contributed by atoms with E-state index < -0.39 is 57.8 Å². The van der Waals surface area contributed by atoms with Gasteiger partial charge < -0.3 is 14.8 Å². The molecule has 1 saturated heterocycles. The van der Waals surface area contributed by atoms with Gasteiger partial charge >= 0.3 is 11.9 Å². The molecule has 2 amide bonds. The maximum absolute atomic E-state index is 12.9. The molecule has 0 aliphatic carbocycles. The Labute approximate surface area is 215 Å². The van der Waals surface area contributed by atoms with Crippen LogP contribution < -0.4 is 10.7 Å². The molecule has 12 heteroatoms. The molecule has 1 aliphatic heterocycles. The van der Waals surface area contributed by atoms with Crippen molar-refractivity contribution in [2.24, 2.45) is 11.3 Å². The largest absolute Gasteiger partial charge is 0.460 e. The van der Waals surface area contributed by atoms with Crippen molar-refractivity contribution in [3.8, 4) is 0 Å². The molecule has 0 aromatic carbocycles. The van der Waals surface area contributed by atoms with Crippen LogP contribution in [0.2, 0.25) is 0 Å². The van der Waals surface area contributed by atoms with Crippen LogP contribution in [0.1, 0.15) is 53.9 Å². The Hall–Kier alpha value is -1.55. The number of ether oxygens (including phenoxy) is 2. The zero-order valence-corrected chi connectivity index (χ0v) is 22.4. The smallest absolute Gasteiger partial charge is 0.325 e. The fourth-order valence-corrected chi connectivity index (χ4v) is 3.33. The van der Waals surface area contributed by atoms with E-state index in [1.165, 1.54) is 11.9 Å². The van der Waals surface area contributed by atoms with Gasteiger partial charge in [0.15, 0.2) is 6.10 Å². The van der Waals surface area contributed by atoms with Crippen molar-refractivity contribution in [3.63, 3.8) is 0 Å². The number of hydrogen-bond acceptors (Lipinski definition) is 7. The Morgan fingerprint density at radius 1 is 1.21 bits per heavy atom. The first kappa shape index (κ1) is 30.5. The molecular weight excluding hydrogens is 509 g/mol. The van der Waals surface area contributed by atoms with Crippen LogP contribution in [-0.4, -0.2) is 63.9 Å². The molecule has 1 fully saturated rings. The summed E-state index contributed by atoms with van der Waals surface area (Å²) in [6.07, 6.45) is 1.87. The van der Waals surface area contributed by atoms with E-state index in [0.717, 1.165) is 0 Å². The number of nitrogens with zero attached hydrogens (tertiary/aromatic N) is 1. The highest BCUT2D eigenvalue weighted by Gasteiger charge is 2.37. The summed E-state index contributed by atoms with van der Waals surface area (Å²) in [6, 6.07) is -1.75. The van der Waals surface area contributed by atoms with Gasteiger partial charge in [-0.25, -0.2) is 5.43 Å². The molecule has 1 aliphatic rings. The Morgan fingerprint density at radius 3 is 2.35 bits per heavy atom. The SMILES string of the molecule is C=CCC(C)(C)C(=O)OC(C(=O)NC(C)C(=O)N1CCC[C@@H](C(=O)OCC(Cl)(Cl)Cl)N1)C(C)C. The van der Waals surface area contributed by atoms with Gasteiger partial charge in [0.25, 0.3) is 11.8 Å². The van der Waals surface area contributed by atoms with Crippen molar-refractivity contribution in [2.75, 3.05) is 13.2 Å². The van der Waals surface area contributed by atoms with Crippen LogP contribution >= 0.6 is 34.8 Å². The third-order valence-electron chi connectivity index (χ3n) is 5.15. The summed E-state index contributed by atoms with van der Waals surface area (Å²) < 4.78 is 8.73. The molecule has 2 unspecified atom stereocenters. The number of amides is 2. The van der Waals surface area contributed by atoms with Crippen molar-refractivity contribution >= 4 is 58.6 Å². The molecule has 2 N–H and O–H groups in total. The zero-order valence-electron chi connectivity index (χ0n) is 20.2. The van der Waals surface area contributed by atoms with Crippen molar-refractivity contribution in [1.29, 1.82) is 0 Å². The molecule has 9 nitrogen and oxygen atoms in total. The number of rotatable bonds is 10. The van der Waals surface area contributed by atoms with Crippen molar-refractivity contribution in [2.45, 2.75) is 75.9 Å². The van der Waals surface area contributed by atoms with E-state index in [2.05, 4.69) is 17.3 Å². The number of halogens is 3. The molecule has 1 heterocycles. The van der Waals surface area contributed by atoms with E-state index in [1.54, 1.807) is 33.8 Å². The molecule has 0 aromatic heterocycles. The van der Waals surface area contributed by atoms with Gasteiger partial charge in [-0.2, -0.15) is 0 Å². The number of alkyl halides is 3. The van der Waals surface area contributed by atoms with Gasteiger partial charge in [-0.1, -0.05) is 54.7 Å². The van der Waals surface area contributed by atoms with Gasteiger partial charge in [-0.3, -0.25) is 24.2 Å². The normalized spacial score (nSPS) is 18.6. The van der Waals surface area contributed by atoms with Crippen LogP contribution in [0.25, 0.3) is 0 Å². The summed E-state index contributed by atoms with van der Waals surface area (Å²) >= 11 is 16.8. The molecule has 3 atom stereocenters. The minimum atomic E-state index is -1.74. The number of nitrogens with one attached hydrogen (secondary N) is 2. The maximum Gasteiger partial charge on any atom is 0.325 e. The topological polar surface area (TPSA) is 114 Å². The van der Waals surface area contributed by atoms with Gasteiger partial charge in [-0.15, -0.1) is 6.58 Å². The second kappa shape index (κ2) is 13.0. The highest BCUT2D eigenvalue weighted by atomic mass is 35.6. The van der Waals surface area contributed by atoms with E-state index in [-0.39, 0.29) is 5.92 Å². The third kappa shape index (κ3) is 9.60. The van der Waals surface area contributed by atoms with E-state index in [1.807, 2.05) is 0 Å². The van der Waals surface area contributed by atoms with Crippen molar-refractivity contribution in [1.82, 2.24) is 15.8 Å². The molecule has 0 bridgehead atoms. The number of hydrazine groups is 1. The molecule has 194 valence electrons. The summed E-state index contributed by atoms with van der Waals surface area (Å²) in [5.74, 6) is -2.57. The van der Waals surface area contributed by atoms with Crippen LogP contribution in [0.3, 0.4) is 0 Å².